The predicted molar refractivity (Wildman–Crippen MR) is 122 cm³/mol. The lowest BCUT2D eigenvalue weighted by atomic mass is 9.85. The van der Waals surface area contributed by atoms with Crippen LogP contribution in [0.4, 0.5) is 0 Å². The van der Waals surface area contributed by atoms with Crippen molar-refractivity contribution in [2.24, 2.45) is 5.92 Å². The maximum atomic E-state index is 11.7. The van der Waals surface area contributed by atoms with Crippen molar-refractivity contribution < 1.29 is 9.53 Å². The highest BCUT2D eigenvalue weighted by Crippen LogP contribution is 2.32. The monoisotopic (exact) mass is 390 g/mol. The number of carbonyl (C=O) groups is 1. The minimum absolute atomic E-state index is 0.0214. The second kappa shape index (κ2) is 11.0. The zero-order valence-electron chi connectivity index (χ0n) is 18.0. The van der Waals surface area contributed by atoms with Crippen LogP contribution in [0.1, 0.15) is 74.6 Å². The lowest BCUT2D eigenvalue weighted by Gasteiger charge is -2.20. The lowest BCUT2D eigenvalue weighted by molar-refractivity contribution is -0.148. The fraction of sp³-hybridized carbons (Fsp3) is 0.444. The summed E-state index contributed by atoms with van der Waals surface area (Å²) < 4.78 is 5.34. The van der Waals surface area contributed by atoms with Crippen LogP contribution in [0.25, 0.3) is 11.6 Å². The van der Waals surface area contributed by atoms with E-state index in [0.717, 1.165) is 38.5 Å². The Hall–Kier alpha value is -2.35. The van der Waals surface area contributed by atoms with Gasteiger partial charge in [-0.2, -0.15) is 0 Å². The van der Waals surface area contributed by atoms with E-state index in [2.05, 4.69) is 54.6 Å². The molecule has 0 fully saturated rings. The molecule has 2 heteroatoms. The third-order valence-corrected chi connectivity index (χ3v) is 6.01. The number of allylic oxidation sites excluding steroid dienone is 1. The molecule has 0 radical (unpaired) electrons. The molecule has 0 aliphatic heterocycles. The van der Waals surface area contributed by atoms with E-state index >= 15 is 0 Å². The normalized spacial score (nSPS) is 14.1. The summed E-state index contributed by atoms with van der Waals surface area (Å²) in [5, 5.41) is 0. The Morgan fingerprint density at radius 3 is 2.55 bits per heavy atom. The molecule has 0 aromatic heterocycles. The van der Waals surface area contributed by atoms with Crippen molar-refractivity contribution in [3.8, 4) is 0 Å². The SMILES string of the molecule is CCC(C)C(=O)OCCCCCCc1cccc2c1C=C(c1ccccc1)CC2. The number of carbonyl (C=O) groups excluding carboxylic acids is 1. The molecular weight excluding hydrogens is 356 g/mol. The zero-order valence-corrected chi connectivity index (χ0v) is 18.0. The molecule has 0 N–H and O–H groups in total. The van der Waals surface area contributed by atoms with E-state index in [-0.39, 0.29) is 11.9 Å². The van der Waals surface area contributed by atoms with Crippen LogP contribution in [0.2, 0.25) is 0 Å². The van der Waals surface area contributed by atoms with Crippen LogP contribution in [-0.4, -0.2) is 12.6 Å². The minimum Gasteiger partial charge on any atom is -0.465 e. The van der Waals surface area contributed by atoms with Gasteiger partial charge in [0, 0.05) is 0 Å². The summed E-state index contributed by atoms with van der Waals surface area (Å²) in [6, 6.07) is 17.5. The van der Waals surface area contributed by atoms with Gasteiger partial charge in [0.1, 0.15) is 0 Å². The summed E-state index contributed by atoms with van der Waals surface area (Å²) >= 11 is 0. The summed E-state index contributed by atoms with van der Waals surface area (Å²) in [6.45, 7) is 4.51. The molecule has 1 unspecified atom stereocenters. The van der Waals surface area contributed by atoms with Crippen LogP contribution >= 0.6 is 0 Å². The molecule has 2 aromatic rings. The third kappa shape index (κ3) is 6.06. The highest BCUT2D eigenvalue weighted by molar-refractivity contribution is 5.85. The predicted octanol–water partition coefficient (Wildman–Crippen LogP) is 6.87. The Morgan fingerprint density at radius 1 is 0.966 bits per heavy atom. The van der Waals surface area contributed by atoms with Crippen LogP contribution in [0.15, 0.2) is 48.5 Å². The smallest absolute Gasteiger partial charge is 0.308 e. The van der Waals surface area contributed by atoms with Crippen molar-refractivity contribution in [3.05, 3.63) is 70.8 Å². The largest absolute Gasteiger partial charge is 0.465 e. The molecule has 0 bridgehead atoms. The first-order valence-electron chi connectivity index (χ1n) is 11.2. The van der Waals surface area contributed by atoms with Crippen LogP contribution in [0.5, 0.6) is 0 Å². The van der Waals surface area contributed by atoms with Crippen molar-refractivity contribution >= 4 is 17.6 Å². The Balaban J connectivity index is 1.48. The number of aryl methyl sites for hydroxylation is 2. The van der Waals surface area contributed by atoms with Crippen molar-refractivity contribution in [3.63, 3.8) is 0 Å². The molecular formula is C27H34O2. The van der Waals surface area contributed by atoms with Crippen molar-refractivity contribution in [2.75, 3.05) is 6.61 Å². The van der Waals surface area contributed by atoms with Gasteiger partial charge in [-0.15, -0.1) is 0 Å². The molecule has 1 aliphatic rings. The van der Waals surface area contributed by atoms with Gasteiger partial charge in [0.25, 0.3) is 0 Å². The minimum atomic E-state index is -0.0515. The molecule has 2 nitrogen and oxygen atoms in total. The zero-order chi connectivity index (χ0) is 20.5. The Labute approximate surface area is 176 Å². The number of esters is 1. The van der Waals surface area contributed by atoms with E-state index < -0.39 is 0 Å². The molecule has 154 valence electrons. The first-order valence-corrected chi connectivity index (χ1v) is 11.2. The van der Waals surface area contributed by atoms with E-state index in [4.69, 9.17) is 4.74 Å². The Kier molecular flexibility index (Phi) is 8.10. The van der Waals surface area contributed by atoms with Crippen LogP contribution in [-0.2, 0) is 22.4 Å². The number of hydrogen-bond donors (Lipinski definition) is 0. The molecule has 29 heavy (non-hydrogen) atoms. The van der Waals surface area contributed by atoms with Gasteiger partial charge in [-0.25, -0.2) is 0 Å². The maximum absolute atomic E-state index is 11.7. The van der Waals surface area contributed by atoms with Crippen molar-refractivity contribution in [2.45, 2.75) is 65.2 Å². The molecule has 1 atom stereocenters. The molecule has 1 aliphatic carbocycles. The van der Waals surface area contributed by atoms with Gasteiger partial charge in [0.05, 0.1) is 12.5 Å². The number of benzene rings is 2. The summed E-state index contributed by atoms with van der Waals surface area (Å²) in [4.78, 5) is 11.7. The van der Waals surface area contributed by atoms with Crippen LogP contribution in [0.3, 0.4) is 0 Å². The first kappa shape index (κ1) is 21.4. The topological polar surface area (TPSA) is 26.3 Å². The molecule has 0 saturated carbocycles. The average molecular weight is 391 g/mol. The van der Waals surface area contributed by atoms with Gasteiger partial charge < -0.3 is 4.74 Å². The summed E-state index contributed by atoms with van der Waals surface area (Å²) in [5.41, 5.74) is 7.20. The van der Waals surface area contributed by atoms with Crippen LogP contribution in [0, 0.1) is 5.92 Å². The molecule has 3 rings (SSSR count). The van der Waals surface area contributed by atoms with E-state index in [1.54, 1.807) is 0 Å². The van der Waals surface area contributed by atoms with E-state index in [0.29, 0.717) is 6.61 Å². The summed E-state index contributed by atoms with van der Waals surface area (Å²) in [7, 11) is 0. The van der Waals surface area contributed by atoms with E-state index in [1.807, 2.05) is 13.8 Å². The second-order valence-corrected chi connectivity index (χ2v) is 8.17. The molecule has 2 aromatic carbocycles. The third-order valence-electron chi connectivity index (χ3n) is 6.01. The molecule has 0 spiro atoms. The summed E-state index contributed by atoms with van der Waals surface area (Å²) in [5.74, 6) is -0.0301. The first-order chi connectivity index (χ1) is 14.2. The van der Waals surface area contributed by atoms with Gasteiger partial charge >= 0.3 is 5.97 Å². The quantitative estimate of drug-likeness (QED) is 0.327. The standard InChI is InChI=1S/C27H34O2/c1-3-21(2)27(28)29-19-10-5-4-7-14-23-15-11-16-24-17-18-25(20-26(23)24)22-12-8-6-9-13-22/h6,8-9,11-13,15-16,20-21H,3-5,7,10,14,17-19H2,1-2H3. The average Bonchev–Trinajstić information content (AvgIpc) is 2.78. The lowest BCUT2D eigenvalue weighted by Crippen LogP contribution is -2.14. The van der Waals surface area contributed by atoms with Crippen molar-refractivity contribution in [1.29, 1.82) is 0 Å². The fourth-order valence-electron chi connectivity index (χ4n) is 3.94. The van der Waals surface area contributed by atoms with Crippen LogP contribution < -0.4 is 0 Å². The van der Waals surface area contributed by atoms with Gasteiger partial charge in [0.2, 0.25) is 0 Å². The number of hydrogen-bond acceptors (Lipinski definition) is 2. The molecule has 0 amide bonds. The fourth-order valence-corrected chi connectivity index (χ4v) is 3.94. The van der Waals surface area contributed by atoms with Gasteiger partial charge in [0.15, 0.2) is 0 Å². The number of unbranched alkanes of at least 4 members (excludes halogenated alkanes) is 3. The van der Waals surface area contributed by atoms with E-state index in [9.17, 15) is 4.79 Å². The van der Waals surface area contributed by atoms with E-state index in [1.165, 1.54) is 40.7 Å². The number of rotatable bonds is 10. The highest BCUT2D eigenvalue weighted by atomic mass is 16.5. The van der Waals surface area contributed by atoms with Gasteiger partial charge in [-0.3, -0.25) is 4.79 Å². The summed E-state index contributed by atoms with van der Waals surface area (Å²) in [6.07, 6.45) is 11.1. The van der Waals surface area contributed by atoms with Gasteiger partial charge in [-0.05, 0) is 66.4 Å². The molecule has 0 saturated heterocycles. The maximum Gasteiger partial charge on any atom is 0.308 e. The Bertz CT molecular complexity index is 820. The number of ether oxygens (including phenoxy) is 1. The highest BCUT2D eigenvalue weighted by Gasteiger charge is 2.14. The molecule has 0 heterocycles. The van der Waals surface area contributed by atoms with Gasteiger partial charge in [-0.1, -0.05) is 81.3 Å². The number of fused-ring (bicyclic) bond motifs is 1. The Morgan fingerprint density at radius 2 is 1.76 bits per heavy atom. The van der Waals surface area contributed by atoms with Crippen molar-refractivity contribution in [1.82, 2.24) is 0 Å². The second-order valence-electron chi connectivity index (χ2n) is 8.17.